The van der Waals surface area contributed by atoms with Crippen molar-refractivity contribution >= 4 is 31.6 Å². The minimum Gasteiger partial charge on any atom is -0.446 e. The Morgan fingerprint density at radius 2 is 1.84 bits per heavy atom. The Bertz CT molecular complexity index is 1410. The van der Waals surface area contributed by atoms with Gasteiger partial charge in [0.25, 0.3) is 15.6 Å². The average Bonchev–Trinajstić information content (AvgIpc) is 3.52. The number of furan rings is 1. The fraction of sp³-hybridized carbons (Fsp3) is 0.273. The number of sulfonamides is 1. The number of aryl methyl sites for hydroxylation is 1. The second-order valence-electron chi connectivity index (χ2n) is 7.61. The molecule has 4 aromatic rings. The molecular formula is C22H21N3O4S2. The molecule has 9 heteroatoms. The van der Waals surface area contributed by atoms with Crippen LogP contribution in [-0.4, -0.2) is 35.4 Å². The Morgan fingerprint density at radius 3 is 2.58 bits per heavy atom. The summed E-state index contributed by atoms with van der Waals surface area (Å²) >= 11 is 1.50. The summed E-state index contributed by atoms with van der Waals surface area (Å²) in [6.45, 7) is 3.08. The topological polar surface area (TPSA) is 85.4 Å². The van der Waals surface area contributed by atoms with Gasteiger partial charge in [-0.2, -0.15) is 4.31 Å². The largest absolute Gasteiger partial charge is 0.446 e. The molecule has 0 amide bonds. The lowest BCUT2D eigenvalue weighted by molar-refractivity contribution is 0.383. The molecule has 0 spiro atoms. The van der Waals surface area contributed by atoms with Crippen molar-refractivity contribution in [3.05, 3.63) is 70.5 Å². The SMILES string of the molecule is Cc1c(-c2ccccc2)sc2ncn(Cc3ccc(S(=O)(=O)N4CCCC4)o3)c(=O)c12. The maximum atomic E-state index is 13.2. The van der Waals surface area contributed by atoms with Gasteiger partial charge in [0, 0.05) is 18.0 Å². The second kappa shape index (κ2) is 7.74. The van der Waals surface area contributed by atoms with Gasteiger partial charge in [-0.15, -0.1) is 11.3 Å². The quantitative estimate of drug-likeness (QED) is 0.456. The van der Waals surface area contributed by atoms with Crippen molar-refractivity contribution in [2.24, 2.45) is 0 Å². The summed E-state index contributed by atoms with van der Waals surface area (Å²) in [5.74, 6) is 0.400. The van der Waals surface area contributed by atoms with Crippen LogP contribution in [0.25, 0.3) is 20.7 Å². The highest BCUT2D eigenvalue weighted by molar-refractivity contribution is 7.89. The Kier molecular flexibility index (Phi) is 5.04. The first kappa shape index (κ1) is 20.2. The van der Waals surface area contributed by atoms with Gasteiger partial charge in [-0.3, -0.25) is 9.36 Å². The maximum Gasteiger partial charge on any atom is 0.276 e. The van der Waals surface area contributed by atoms with Crippen LogP contribution in [0, 0.1) is 6.92 Å². The van der Waals surface area contributed by atoms with Crippen molar-refractivity contribution in [3.8, 4) is 10.4 Å². The monoisotopic (exact) mass is 455 g/mol. The summed E-state index contributed by atoms with van der Waals surface area (Å²) in [6.07, 6.45) is 3.21. The zero-order chi connectivity index (χ0) is 21.6. The summed E-state index contributed by atoms with van der Waals surface area (Å²) < 4.78 is 33.9. The third kappa shape index (κ3) is 3.52. The summed E-state index contributed by atoms with van der Waals surface area (Å²) in [5.41, 5.74) is 1.79. The van der Waals surface area contributed by atoms with Crippen LogP contribution in [0.1, 0.15) is 24.2 Å². The van der Waals surface area contributed by atoms with E-state index in [1.807, 2.05) is 37.3 Å². The van der Waals surface area contributed by atoms with Gasteiger partial charge < -0.3 is 4.42 Å². The molecule has 0 atom stereocenters. The molecule has 5 rings (SSSR count). The summed E-state index contributed by atoms with van der Waals surface area (Å²) in [6, 6.07) is 13.0. The first-order chi connectivity index (χ1) is 14.9. The molecule has 1 aliphatic heterocycles. The zero-order valence-corrected chi connectivity index (χ0v) is 18.6. The van der Waals surface area contributed by atoms with Crippen LogP contribution in [0.2, 0.25) is 0 Å². The van der Waals surface area contributed by atoms with Crippen molar-refractivity contribution in [1.82, 2.24) is 13.9 Å². The van der Waals surface area contributed by atoms with Crippen molar-refractivity contribution in [2.75, 3.05) is 13.1 Å². The van der Waals surface area contributed by atoms with E-state index in [-0.39, 0.29) is 17.2 Å². The first-order valence-corrected chi connectivity index (χ1v) is 12.3. The minimum absolute atomic E-state index is 0.0791. The van der Waals surface area contributed by atoms with E-state index < -0.39 is 10.0 Å². The number of aromatic nitrogens is 2. The van der Waals surface area contributed by atoms with Crippen molar-refractivity contribution in [2.45, 2.75) is 31.4 Å². The van der Waals surface area contributed by atoms with Crippen molar-refractivity contribution in [3.63, 3.8) is 0 Å². The van der Waals surface area contributed by atoms with Crippen LogP contribution in [0.15, 0.2) is 63.1 Å². The smallest absolute Gasteiger partial charge is 0.276 e. The highest BCUT2D eigenvalue weighted by Gasteiger charge is 2.30. The fourth-order valence-electron chi connectivity index (χ4n) is 3.94. The number of hydrogen-bond donors (Lipinski definition) is 0. The molecule has 0 saturated carbocycles. The Labute approximate surface area is 183 Å². The Morgan fingerprint density at radius 1 is 1.10 bits per heavy atom. The van der Waals surface area contributed by atoms with Crippen LogP contribution in [-0.2, 0) is 16.6 Å². The molecule has 1 aliphatic rings. The van der Waals surface area contributed by atoms with Gasteiger partial charge in [-0.25, -0.2) is 13.4 Å². The highest BCUT2D eigenvalue weighted by Crippen LogP contribution is 2.35. The standard InChI is InChI=1S/C22H21N3O4S2/c1-15-19-21(30-20(15)16-7-3-2-4-8-16)23-14-24(22(19)26)13-17-9-10-18(29-17)31(27,28)25-11-5-6-12-25/h2-4,7-10,14H,5-6,11-13H2,1H3. The second-order valence-corrected chi connectivity index (χ2v) is 10.5. The third-order valence-electron chi connectivity index (χ3n) is 5.58. The molecule has 0 unspecified atom stereocenters. The lowest BCUT2D eigenvalue weighted by Gasteiger charge is -2.12. The molecule has 0 N–H and O–H groups in total. The lowest BCUT2D eigenvalue weighted by atomic mass is 10.1. The van der Waals surface area contributed by atoms with Gasteiger partial charge in [-0.05, 0) is 43.0 Å². The first-order valence-electron chi connectivity index (χ1n) is 10.1. The van der Waals surface area contributed by atoms with Gasteiger partial charge in [-0.1, -0.05) is 30.3 Å². The van der Waals surface area contributed by atoms with Crippen LogP contribution < -0.4 is 5.56 Å². The van der Waals surface area contributed by atoms with E-state index in [2.05, 4.69) is 4.98 Å². The number of hydrogen-bond acceptors (Lipinski definition) is 6. The summed E-state index contributed by atoms with van der Waals surface area (Å²) in [5, 5.41) is 0.507. The average molecular weight is 456 g/mol. The van der Waals surface area contributed by atoms with Gasteiger partial charge >= 0.3 is 0 Å². The van der Waals surface area contributed by atoms with E-state index in [4.69, 9.17) is 4.42 Å². The molecule has 0 bridgehead atoms. The molecule has 3 aromatic heterocycles. The van der Waals surface area contributed by atoms with Crippen LogP contribution >= 0.6 is 11.3 Å². The molecule has 0 radical (unpaired) electrons. The van der Waals surface area contributed by atoms with Crippen LogP contribution in [0.3, 0.4) is 0 Å². The molecule has 31 heavy (non-hydrogen) atoms. The van der Waals surface area contributed by atoms with Gasteiger partial charge in [0.2, 0.25) is 5.09 Å². The van der Waals surface area contributed by atoms with E-state index in [1.165, 1.54) is 32.6 Å². The predicted molar refractivity (Wildman–Crippen MR) is 120 cm³/mol. The summed E-state index contributed by atoms with van der Waals surface area (Å²) in [7, 11) is -3.62. The molecule has 1 saturated heterocycles. The van der Waals surface area contributed by atoms with E-state index in [0.717, 1.165) is 28.8 Å². The molecule has 7 nitrogen and oxygen atoms in total. The molecule has 4 heterocycles. The lowest BCUT2D eigenvalue weighted by Crippen LogP contribution is -2.27. The molecule has 1 fully saturated rings. The number of thiophene rings is 1. The number of rotatable bonds is 5. The maximum absolute atomic E-state index is 13.2. The van der Waals surface area contributed by atoms with Crippen molar-refractivity contribution in [1.29, 1.82) is 0 Å². The predicted octanol–water partition coefficient (Wildman–Crippen LogP) is 3.86. The van der Waals surface area contributed by atoms with E-state index in [0.29, 0.717) is 29.1 Å². The third-order valence-corrected chi connectivity index (χ3v) is 8.60. The van der Waals surface area contributed by atoms with Crippen LogP contribution in [0.4, 0.5) is 0 Å². The highest BCUT2D eigenvalue weighted by atomic mass is 32.2. The Hall–Kier alpha value is -2.75. The van der Waals surface area contributed by atoms with E-state index in [9.17, 15) is 13.2 Å². The van der Waals surface area contributed by atoms with Gasteiger partial charge in [0.15, 0.2) is 0 Å². The van der Waals surface area contributed by atoms with Crippen LogP contribution in [0.5, 0.6) is 0 Å². The van der Waals surface area contributed by atoms with E-state index in [1.54, 1.807) is 6.07 Å². The number of nitrogens with zero attached hydrogens (tertiary/aromatic N) is 3. The van der Waals surface area contributed by atoms with Gasteiger partial charge in [0.05, 0.1) is 18.3 Å². The Balaban J connectivity index is 1.48. The van der Waals surface area contributed by atoms with Crippen molar-refractivity contribution < 1.29 is 12.8 Å². The fourth-order valence-corrected chi connectivity index (χ4v) is 6.53. The van der Waals surface area contributed by atoms with Gasteiger partial charge in [0.1, 0.15) is 10.6 Å². The van der Waals surface area contributed by atoms with E-state index >= 15 is 0 Å². The molecule has 160 valence electrons. The summed E-state index contributed by atoms with van der Waals surface area (Å²) in [4.78, 5) is 19.4. The normalized spacial score (nSPS) is 15.1. The molecular weight excluding hydrogens is 434 g/mol. The number of fused-ring (bicyclic) bond motifs is 1. The minimum atomic E-state index is -3.62. The molecule has 0 aliphatic carbocycles. The molecule has 1 aromatic carbocycles. The number of benzene rings is 1. The zero-order valence-electron chi connectivity index (χ0n) is 16.9.